The lowest BCUT2D eigenvalue weighted by Crippen LogP contribution is -2.18. The predicted octanol–water partition coefficient (Wildman–Crippen LogP) is 2.17. The SMILES string of the molecule is COc1cc(C)c(/C=N\NC(=O)c2ccccn2)cc1OC. The minimum atomic E-state index is -0.366. The molecule has 1 aromatic carbocycles. The highest BCUT2D eigenvalue weighted by molar-refractivity contribution is 5.93. The molecule has 0 aliphatic rings. The van der Waals surface area contributed by atoms with Crippen LogP contribution >= 0.6 is 0 Å². The fourth-order valence-corrected chi connectivity index (χ4v) is 1.85. The van der Waals surface area contributed by atoms with E-state index in [0.29, 0.717) is 17.2 Å². The van der Waals surface area contributed by atoms with Gasteiger partial charge in [-0.05, 0) is 36.8 Å². The van der Waals surface area contributed by atoms with Crippen LogP contribution in [0.25, 0.3) is 0 Å². The van der Waals surface area contributed by atoms with Crippen molar-refractivity contribution >= 4 is 12.1 Å². The lowest BCUT2D eigenvalue weighted by Gasteiger charge is -2.10. The van der Waals surface area contributed by atoms with Crippen molar-refractivity contribution in [3.8, 4) is 11.5 Å². The molecule has 0 radical (unpaired) electrons. The van der Waals surface area contributed by atoms with Crippen molar-refractivity contribution < 1.29 is 14.3 Å². The first kappa shape index (κ1) is 15.5. The second-order valence-corrected chi connectivity index (χ2v) is 4.48. The first-order valence-electron chi connectivity index (χ1n) is 6.62. The van der Waals surface area contributed by atoms with E-state index in [9.17, 15) is 4.79 Å². The fraction of sp³-hybridized carbons (Fsp3) is 0.188. The summed E-state index contributed by atoms with van der Waals surface area (Å²) in [5.41, 5.74) is 4.52. The molecule has 1 aromatic heterocycles. The van der Waals surface area contributed by atoms with Crippen molar-refractivity contribution in [2.24, 2.45) is 5.10 Å². The zero-order chi connectivity index (χ0) is 15.9. The Balaban J connectivity index is 2.12. The van der Waals surface area contributed by atoms with Crippen molar-refractivity contribution in [3.05, 3.63) is 53.3 Å². The average molecular weight is 299 g/mol. The standard InChI is InChI=1S/C16H17N3O3/c1-11-8-14(21-2)15(22-3)9-12(11)10-18-19-16(20)13-6-4-5-7-17-13/h4-10H,1-3H3,(H,19,20)/b18-10-. The van der Waals surface area contributed by atoms with Crippen LogP contribution < -0.4 is 14.9 Å². The number of pyridine rings is 1. The number of carbonyl (C=O) groups is 1. The first-order chi connectivity index (χ1) is 10.7. The quantitative estimate of drug-likeness (QED) is 0.678. The summed E-state index contributed by atoms with van der Waals surface area (Å²) in [6, 6.07) is 8.75. The van der Waals surface area contributed by atoms with Crippen LogP contribution in [0.1, 0.15) is 21.6 Å². The number of nitrogens with one attached hydrogen (secondary N) is 1. The number of methoxy groups -OCH3 is 2. The van der Waals surface area contributed by atoms with E-state index in [0.717, 1.165) is 11.1 Å². The molecule has 0 spiro atoms. The summed E-state index contributed by atoms with van der Waals surface area (Å²) >= 11 is 0. The van der Waals surface area contributed by atoms with Gasteiger partial charge in [0.2, 0.25) is 0 Å². The molecule has 0 bridgehead atoms. The summed E-state index contributed by atoms with van der Waals surface area (Å²) in [4.78, 5) is 15.8. The molecule has 0 aliphatic carbocycles. The number of amides is 1. The van der Waals surface area contributed by atoms with Gasteiger partial charge in [-0.2, -0.15) is 5.10 Å². The zero-order valence-corrected chi connectivity index (χ0v) is 12.7. The number of carbonyl (C=O) groups excluding carboxylic acids is 1. The third-order valence-corrected chi connectivity index (χ3v) is 3.04. The monoisotopic (exact) mass is 299 g/mol. The molecular formula is C16H17N3O3. The lowest BCUT2D eigenvalue weighted by molar-refractivity contribution is 0.0950. The summed E-state index contributed by atoms with van der Waals surface area (Å²) in [5.74, 6) is 0.884. The van der Waals surface area contributed by atoms with E-state index in [4.69, 9.17) is 9.47 Å². The topological polar surface area (TPSA) is 72.8 Å². The third-order valence-electron chi connectivity index (χ3n) is 3.04. The highest BCUT2D eigenvalue weighted by Crippen LogP contribution is 2.29. The molecule has 0 aliphatic heterocycles. The molecule has 0 atom stereocenters. The van der Waals surface area contributed by atoms with Crippen molar-refractivity contribution in [1.29, 1.82) is 0 Å². The van der Waals surface area contributed by atoms with E-state index in [2.05, 4.69) is 15.5 Å². The third kappa shape index (κ3) is 3.60. The van der Waals surface area contributed by atoms with E-state index >= 15 is 0 Å². The van der Waals surface area contributed by atoms with E-state index in [1.54, 1.807) is 50.9 Å². The molecule has 0 saturated carbocycles. The maximum absolute atomic E-state index is 11.8. The predicted molar refractivity (Wildman–Crippen MR) is 83.6 cm³/mol. The summed E-state index contributed by atoms with van der Waals surface area (Å²) in [6.45, 7) is 1.92. The maximum atomic E-state index is 11.8. The van der Waals surface area contributed by atoms with E-state index < -0.39 is 0 Å². The molecule has 0 saturated heterocycles. The largest absolute Gasteiger partial charge is 0.493 e. The molecule has 2 aromatic rings. The minimum absolute atomic E-state index is 0.309. The van der Waals surface area contributed by atoms with Gasteiger partial charge in [-0.1, -0.05) is 6.07 Å². The highest BCUT2D eigenvalue weighted by Gasteiger charge is 2.08. The fourth-order valence-electron chi connectivity index (χ4n) is 1.85. The van der Waals surface area contributed by atoms with E-state index in [1.165, 1.54) is 0 Å². The van der Waals surface area contributed by atoms with Crippen molar-refractivity contribution in [2.45, 2.75) is 6.92 Å². The number of rotatable bonds is 5. The maximum Gasteiger partial charge on any atom is 0.289 e. The van der Waals surface area contributed by atoms with Crippen LogP contribution in [-0.4, -0.2) is 31.3 Å². The molecule has 1 N–H and O–H groups in total. The number of hydrogen-bond donors (Lipinski definition) is 1. The molecular weight excluding hydrogens is 282 g/mol. The van der Waals surface area contributed by atoms with Crippen LogP contribution in [0.15, 0.2) is 41.6 Å². The zero-order valence-electron chi connectivity index (χ0n) is 12.7. The number of benzene rings is 1. The molecule has 6 nitrogen and oxygen atoms in total. The van der Waals surface area contributed by atoms with E-state index in [-0.39, 0.29) is 5.91 Å². The van der Waals surface area contributed by atoms with Gasteiger partial charge in [0.25, 0.3) is 5.91 Å². The van der Waals surface area contributed by atoms with Crippen LogP contribution in [0.5, 0.6) is 11.5 Å². The number of hydrogen-bond acceptors (Lipinski definition) is 5. The van der Waals surface area contributed by atoms with Crippen LogP contribution in [0.2, 0.25) is 0 Å². The summed E-state index contributed by atoms with van der Waals surface area (Å²) in [6.07, 6.45) is 3.11. The van der Waals surface area contributed by atoms with Crippen LogP contribution in [0.3, 0.4) is 0 Å². The summed E-state index contributed by atoms with van der Waals surface area (Å²) in [5, 5.41) is 3.95. The number of nitrogens with zero attached hydrogens (tertiary/aromatic N) is 2. The molecule has 1 heterocycles. The second kappa shape index (κ2) is 7.21. The molecule has 0 unspecified atom stereocenters. The summed E-state index contributed by atoms with van der Waals surface area (Å²) in [7, 11) is 3.15. The van der Waals surface area contributed by atoms with Crippen LogP contribution in [0.4, 0.5) is 0 Å². The van der Waals surface area contributed by atoms with Crippen molar-refractivity contribution in [3.63, 3.8) is 0 Å². The Hall–Kier alpha value is -2.89. The molecule has 114 valence electrons. The average Bonchev–Trinajstić information content (AvgIpc) is 2.56. The highest BCUT2D eigenvalue weighted by atomic mass is 16.5. The Morgan fingerprint density at radius 2 is 1.95 bits per heavy atom. The van der Waals surface area contributed by atoms with Crippen LogP contribution in [0, 0.1) is 6.92 Å². The Labute approximate surface area is 128 Å². The Kier molecular flexibility index (Phi) is 5.08. The summed E-state index contributed by atoms with van der Waals surface area (Å²) < 4.78 is 10.5. The lowest BCUT2D eigenvalue weighted by atomic mass is 10.1. The molecule has 2 rings (SSSR count). The Morgan fingerprint density at radius 3 is 2.59 bits per heavy atom. The van der Waals surface area contributed by atoms with Gasteiger partial charge in [0, 0.05) is 11.8 Å². The van der Waals surface area contributed by atoms with Gasteiger partial charge in [-0.15, -0.1) is 0 Å². The van der Waals surface area contributed by atoms with Gasteiger partial charge in [0.15, 0.2) is 11.5 Å². The number of ether oxygens (including phenoxy) is 2. The van der Waals surface area contributed by atoms with Crippen molar-refractivity contribution in [2.75, 3.05) is 14.2 Å². The minimum Gasteiger partial charge on any atom is -0.493 e. The van der Waals surface area contributed by atoms with Gasteiger partial charge in [-0.3, -0.25) is 9.78 Å². The molecule has 0 fully saturated rings. The van der Waals surface area contributed by atoms with Crippen LogP contribution in [-0.2, 0) is 0 Å². The van der Waals surface area contributed by atoms with E-state index in [1.807, 2.05) is 13.0 Å². The second-order valence-electron chi connectivity index (χ2n) is 4.48. The van der Waals surface area contributed by atoms with Gasteiger partial charge in [-0.25, -0.2) is 5.43 Å². The normalized spacial score (nSPS) is 10.5. The number of aryl methyl sites for hydroxylation is 1. The van der Waals surface area contributed by atoms with Gasteiger partial charge < -0.3 is 9.47 Å². The first-order valence-corrected chi connectivity index (χ1v) is 6.62. The van der Waals surface area contributed by atoms with Gasteiger partial charge >= 0.3 is 0 Å². The van der Waals surface area contributed by atoms with Crippen molar-refractivity contribution in [1.82, 2.24) is 10.4 Å². The Morgan fingerprint density at radius 1 is 1.23 bits per heavy atom. The number of aromatic nitrogens is 1. The molecule has 1 amide bonds. The molecule has 6 heteroatoms. The van der Waals surface area contributed by atoms with Gasteiger partial charge in [0.1, 0.15) is 5.69 Å². The number of hydrazone groups is 1. The Bertz CT molecular complexity index is 685. The smallest absolute Gasteiger partial charge is 0.289 e. The molecule has 22 heavy (non-hydrogen) atoms. The van der Waals surface area contributed by atoms with Gasteiger partial charge in [0.05, 0.1) is 20.4 Å².